The largest absolute Gasteiger partial charge is 0.323 e. The summed E-state index contributed by atoms with van der Waals surface area (Å²) in [4.78, 5) is 12.2. The third-order valence-corrected chi connectivity index (χ3v) is 3.69. The highest BCUT2D eigenvalue weighted by Gasteiger charge is 2.39. The van der Waals surface area contributed by atoms with E-state index < -0.39 is 22.9 Å². The number of anilines is 1. The molecule has 0 spiro atoms. The molecule has 2 N–H and O–H groups in total. The van der Waals surface area contributed by atoms with Gasteiger partial charge in [0.25, 0.3) is 0 Å². The van der Waals surface area contributed by atoms with E-state index in [2.05, 4.69) is 10.6 Å². The first kappa shape index (κ1) is 13.9. The second-order valence-electron chi connectivity index (χ2n) is 4.74. The summed E-state index contributed by atoms with van der Waals surface area (Å²) in [5, 5.41) is 5.43. The number of benzene rings is 1. The van der Waals surface area contributed by atoms with Crippen LogP contribution in [-0.4, -0.2) is 19.0 Å². The van der Waals surface area contributed by atoms with Crippen molar-refractivity contribution in [2.24, 2.45) is 5.41 Å². The van der Waals surface area contributed by atoms with E-state index in [0.29, 0.717) is 25.9 Å². The topological polar surface area (TPSA) is 41.1 Å². The minimum atomic E-state index is -1.58. The van der Waals surface area contributed by atoms with Gasteiger partial charge in [0.05, 0.1) is 11.1 Å². The second kappa shape index (κ2) is 5.21. The minimum Gasteiger partial charge on any atom is -0.323 e. The van der Waals surface area contributed by atoms with E-state index in [9.17, 15) is 18.0 Å². The lowest BCUT2D eigenvalue weighted by molar-refractivity contribution is -0.124. The van der Waals surface area contributed by atoms with Gasteiger partial charge in [-0.05, 0) is 31.5 Å². The summed E-state index contributed by atoms with van der Waals surface area (Å²) in [5.41, 5.74) is -0.944. The van der Waals surface area contributed by atoms with Crippen LogP contribution in [0.15, 0.2) is 12.1 Å². The molecule has 1 aliphatic rings. The molecule has 1 aliphatic heterocycles. The van der Waals surface area contributed by atoms with Crippen LogP contribution in [0.4, 0.5) is 18.9 Å². The Kier molecular flexibility index (Phi) is 3.80. The van der Waals surface area contributed by atoms with Gasteiger partial charge in [0.15, 0.2) is 17.5 Å². The van der Waals surface area contributed by atoms with Crippen molar-refractivity contribution >= 4 is 11.6 Å². The molecule has 104 valence electrons. The Labute approximate surface area is 109 Å². The molecular formula is C13H15F3N2O. The van der Waals surface area contributed by atoms with Crippen LogP contribution >= 0.6 is 0 Å². The standard InChI is InChI=1S/C13H15F3N2O/c1-2-13(5-6-17-7-13)12(19)18-9-4-3-8(14)10(15)11(9)16/h3-4,17H,2,5-7H2,1H3,(H,18,19). The lowest BCUT2D eigenvalue weighted by Gasteiger charge is -2.25. The average molecular weight is 272 g/mol. The zero-order valence-electron chi connectivity index (χ0n) is 10.5. The highest BCUT2D eigenvalue weighted by Crippen LogP contribution is 2.31. The summed E-state index contributed by atoms with van der Waals surface area (Å²) < 4.78 is 39.4. The van der Waals surface area contributed by atoms with E-state index in [0.717, 1.165) is 12.1 Å². The molecule has 0 radical (unpaired) electrons. The number of carbonyl (C=O) groups is 1. The van der Waals surface area contributed by atoms with Crippen LogP contribution in [0.3, 0.4) is 0 Å². The number of hydrogen-bond acceptors (Lipinski definition) is 2. The zero-order valence-corrected chi connectivity index (χ0v) is 10.5. The number of amides is 1. The van der Waals surface area contributed by atoms with Crippen LogP contribution in [-0.2, 0) is 4.79 Å². The monoisotopic (exact) mass is 272 g/mol. The van der Waals surface area contributed by atoms with E-state index in [1.165, 1.54) is 0 Å². The molecule has 0 aromatic heterocycles. The number of halogens is 3. The maximum absolute atomic E-state index is 13.5. The molecule has 0 bridgehead atoms. The lowest BCUT2D eigenvalue weighted by atomic mass is 9.83. The second-order valence-corrected chi connectivity index (χ2v) is 4.74. The molecule has 1 saturated heterocycles. The van der Waals surface area contributed by atoms with Crippen molar-refractivity contribution in [3.63, 3.8) is 0 Å². The molecular weight excluding hydrogens is 257 g/mol. The Morgan fingerprint density at radius 3 is 2.68 bits per heavy atom. The first-order valence-corrected chi connectivity index (χ1v) is 6.16. The van der Waals surface area contributed by atoms with Crippen LogP contribution in [0.25, 0.3) is 0 Å². The van der Waals surface area contributed by atoms with E-state index in [-0.39, 0.29) is 11.6 Å². The van der Waals surface area contributed by atoms with Crippen LogP contribution in [0.1, 0.15) is 19.8 Å². The average Bonchev–Trinajstić information content (AvgIpc) is 2.89. The first-order chi connectivity index (χ1) is 9.00. The van der Waals surface area contributed by atoms with E-state index in [1.807, 2.05) is 6.92 Å². The maximum Gasteiger partial charge on any atom is 0.231 e. The number of rotatable bonds is 3. The van der Waals surface area contributed by atoms with E-state index in [1.54, 1.807) is 0 Å². The molecule has 1 amide bonds. The van der Waals surface area contributed by atoms with Gasteiger partial charge in [-0.3, -0.25) is 4.79 Å². The molecule has 1 aromatic rings. The Balaban J connectivity index is 2.22. The fraction of sp³-hybridized carbons (Fsp3) is 0.462. The van der Waals surface area contributed by atoms with Gasteiger partial charge in [-0.1, -0.05) is 6.92 Å². The SMILES string of the molecule is CCC1(C(=O)Nc2ccc(F)c(F)c2F)CCNC1. The predicted molar refractivity (Wildman–Crippen MR) is 65.2 cm³/mol. The highest BCUT2D eigenvalue weighted by molar-refractivity contribution is 5.95. The van der Waals surface area contributed by atoms with Crippen molar-refractivity contribution < 1.29 is 18.0 Å². The molecule has 2 rings (SSSR count). The molecule has 6 heteroatoms. The van der Waals surface area contributed by atoms with Crippen molar-refractivity contribution in [2.75, 3.05) is 18.4 Å². The summed E-state index contributed by atoms with van der Waals surface area (Å²) in [5.74, 6) is -4.59. The van der Waals surface area contributed by atoms with Crippen molar-refractivity contribution in [1.82, 2.24) is 5.32 Å². The summed E-state index contributed by atoms with van der Waals surface area (Å²) in [6.45, 7) is 3.08. The molecule has 1 aromatic carbocycles. The summed E-state index contributed by atoms with van der Waals surface area (Å²) >= 11 is 0. The summed E-state index contributed by atoms with van der Waals surface area (Å²) in [6.07, 6.45) is 1.23. The van der Waals surface area contributed by atoms with Gasteiger partial charge in [0.1, 0.15) is 0 Å². The number of carbonyl (C=O) groups excluding carboxylic acids is 1. The Bertz CT molecular complexity index is 499. The molecule has 1 unspecified atom stereocenters. The van der Waals surface area contributed by atoms with Crippen molar-refractivity contribution in [3.8, 4) is 0 Å². The van der Waals surface area contributed by atoms with Crippen molar-refractivity contribution in [3.05, 3.63) is 29.6 Å². The number of hydrogen-bond donors (Lipinski definition) is 2. The predicted octanol–water partition coefficient (Wildman–Crippen LogP) is 2.43. The van der Waals surface area contributed by atoms with Crippen LogP contribution in [0.2, 0.25) is 0 Å². The quantitative estimate of drug-likeness (QED) is 0.830. The van der Waals surface area contributed by atoms with Gasteiger partial charge in [-0.25, -0.2) is 13.2 Å². The summed E-state index contributed by atoms with van der Waals surface area (Å²) in [6, 6.07) is 1.82. The van der Waals surface area contributed by atoms with Crippen LogP contribution < -0.4 is 10.6 Å². The van der Waals surface area contributed by atoms with E-state index in [4.69, 9.17) is 0 Å². The van der Waals surface area contributed by atoms with Gasteiger partial charge < -0.3 is 10.6 Å². The lowest BCUT2D eigenvalue weighted by Crippen LogP contribution is -2.37. The third kappa shape index (κ3) is 2.45. The maximum atomic E-state index is 13.5. The Morgan fingerprint density at radius 1 is 1.37 bits per heavy atom. The fourth-order valence-electron chi connectivity index (χ4n) is 2.28. The van der Waals surface area contributed by atoms with Gasteiger partial charge in [-0.15, -0.1) is 0 Å². The van der Waals surface area contributed by atoms with Crippen LogP contribution in [0, 0.1) is 22.9 Å². The van der Waals surface area contributed by atoms with Crippen molar-refractivity contribution in [1.29, 1.82) is 0 Å². The Hall–Kier alpha value is -1.56. The van der Waals surface area contributed by atoms with Gasteiger partial charge in [0.2, 0.25) is 5.91 Å². The Morgan fingerprint density at radius 2 is 2.11 bits per heavy atom. The smallest absolute Gasteiger partial charge is 0.231 e. The van der Waals surface area contributed by atoms with Gasteiger partial charge >= 0.3 is 0 Å². The minimum absolute atomic E-state index is 0.330. The number of nitrogens with one attached hydrogen (secondary N) is 2. The zero-order chi connectivity index (χ0) is 14.0. The normalized spacial score (nSPS) is 22.5. The summed E-state index contributed by atoms with van der Waals surface area (Å²) in [7, 11) is 0. The molecule has 1 fully saturated rings. The van der Waals surface area contributed by atoms with Gasteiger partial charge in [0, 0.05) is 6.54 Å². The fourth-order valence-corrected chi connectivity index (χ4v) is 2.28. The molecule has 19 heavy (non-hydrogen) atoms. The van der Waals surface area contributed by atoms with E-state index >= 15 is 0 Å². The first-order valence-electron chi connectivity index (χ1n) is 6.16. The third-order valence-electron chi connectivity index (χ3n) is 3.69. The molecule has 3 nitrogen and oxygen atoms in total. The molecule has 0 saturated carbocycles. The van der Waals surface area contributed by atoms with Crippen molar-refractivity contribution in [2.45, 2.75) is 19.8 Å². The molecule has 1 atom stereocenters. The molecule has 1 heterocycles. The molecule has 0 aliphatic carbocycles. The highest BCUT2D eigenvalue weighted by atomic mass is 19.2. The van der Waals surface area contributed by atoms with Gasteiger partial charge in [-0.2, -0.15) is 0 Å². The van der Waals surface area contributed by atoms with Crippen LogP contribution in [0.5, 0.6) is 0 Å².